The first-order valence-electron chi connectivity index (χ1n) is 5.62. The van der Waals surface area contributed by atoms with Crippen molar-refractivity contribution >= 4 is 17.3 Å². The Labute approximate surface area is 106 Å². The Kier molecular flexibility index (Phi) is 3.62. The van der Waals surface area contributed by atoms with Crippen LogP contribution in [0, 0.1) is 0 Å². The van der Waals surface area contributed by atoms with E-state index in [0.29, 0.717) is 0 Å². The van der Waals surface area contributed by atoms with Crippen molar-refractivity contribution in [2.75, 3.05) is 31.4 Å². The molecule has 0 aliphatic rings. The highest BCUT2D eigenvalue weighted by molar-refractivity contribution is 5.61. The lowest BCUT2D eigenvalue weighted by atomic mass is 10.3. The van der Waals surface area contributed by atoms with Crippen molar-refractivity contribution in [1.82, 2.24) is 9.97 Å². The van der Waals surface area contributed by atoms with Crippen LogP contribution in [0.1, 0.15) is 0 Å². The lowest BCUT2D eigenvalue weighted by molar-refractivity contribution is 0.415. The molecule has 1 aromatic heterocycles. The van der Waals surface area contributed by atoms with Gasteiger partial charge in [0.1, 0.15) is 11.6 Å². The van der Waals surface area contributed by atoms with Crippen LogP contribution in [-0.2, 0) is 0 Å². The van der Waals surface area contributed by atoms with E-state index in [0.717, 1.165) is 23.1 Å². The van der Waals surface area contributed by atoms with Crippen molar-refractivity contribution < 1.29 is 4.74 Å². The van der Waals surface area contributed by atoms with E-state index in [1.165, 1.54) is 0 Å². The third-order valence-electron chi connectivity index (χ3n) is 2.66. The van der Waals surface area contributed by atoms with E-state index < -0.39 is 0 Å². The Hall–Kier alpha value is -2.30. The largest absolute Gasteiger partial charge is 0.497 e. The first kappa shape index (κ1) is 12.2. The van der Waals surface area contributed by atoms with Crippen molar-refractivity contribution in [2.45, 2.75) is 0 Å². The molecule has 0 spiro atoms. The Morgan fingerprint density at radius 2 is 2.11 bits per heavy atom. The van der Waals surface area contributed by atoms with Gasteiger partial charge in [-0.3, -0.25) is 4.98 Å². The van der Waals surface area contributed by atoms with Gasteiger partial charge in [0.15, 0.2) is 5.82 Å². The van der Waals surface area contributed by atoms with E-state index in [1.807, 2.05) is 43.3 Å². The quantitative estimate of drug-likeness (QED) is 0.894. The summed E-state index contributed by atoms with van der Waals surface area (Å²) in [4.78, 5) is 10.5. The molecule has 2 aromatic rings. The number of methoxy groups -OCH3 is 1. The lowest BCUT2D eigenvalue weighted by Crippen LogP contribution is -2.12. The maximum absolute atomic E-state index is 5.21. The molecular formula is C13H16N4O. The number of benzene rings is 1. The van der Waals surface area contributed by atoms with Gasteiger partial charge < -0.3 is 15.0 Å². The van der Waals surface area contributed by atoms with Crippen molar-refractivity contribution in [2.24, 2.45) is 0 Å². The molecule has 0 aliphatic heterocycles. The van der Waals surface area contributed by atoms with Gasteiger partial charge in [0.05, 0.1) is 19.5 Å². The van der Waals surface area contributed by atoms with E-state index in [2.05, 4.69) is 15.3 Å². The number of nitrogens with one attached hydrogen (secondary N) is 1. The highest BCUT2D eigenvalue weighted by atomic mass is 16.5. The first-order chi connectivity index (χ1) is 8.74. The van der Waals surface area contributed by atoms with Gasteiger partial charge in [0.25, 0.3) is 0 Å². The predicted molar refractivity (Wildman–Crippen MR) is 72.6 cm³/mol. The molecule has 1 N–H and O–H groups in total. The number of hydrogen-bond donors (Lipinski definition) is 1. The minimum Gasteiger partial charge on any atom is -0.497 e. The molecule has 18 heavy (non-hydrogen) atoms. The van der Waals surface area contributed by atoms with E-state index in [1.54, 1.807) is 19.5 Å². The third kappa shape index (κ3) is 2.51. The third-order valence-corrected chi connectivity index (χ3v) is 2.66. The van der Waals surface area contributed by atoms with Crippen LogP contribution in [0.25, 0.3) is 0 Å². The Morgan fingerprint density at radius 3 is 2.83 bits per heavy atom. The molecule has 5 nitrogen and oxygen atoms in total. The number of anilines is 3. The Bertz CT molecular complexity index is 482. The molecular weight excluding hydrogens is 228 g/mol. The van der Waals surface area contributed by atoms with Gasteiger partial charge in [-0.05, 0) is 12.1 Å². The molecule has 0 bridgehead atoms. The number of rotatable bonds is 4. The Balaban J connectivity index is 2.31. The van der Waals surface area contributed by atoms with Crippen LogP contribution < -0.4 is 15.0 Å². The minimum absolute atomic E-state index is 0.738. The molecule has 0 amide bonds. The summed E-state index contributed by atoms with van der Waals surface area (Å²) in [6.45, 7) is 0. The normalized spacial score (nSPS) is 9.94. The van der Waals surface area contributed by atoms with Crippen LogP contribution in [0.3, 0.4) is 0 Å². The van der Waals surface area contributed by atoms with Crippen molar-refractivity contribution in [3.05, 3.63) is 36.7 Å². The summed E-state index contributed by atoms with van der Waals surface area (Å²) < 4.78 is 5.21. The summed E-state index contributed by atoms with van der Waals surface area (Å²) >= 11 is 0. The molecule has 0 atom stereocenters. The average Bonchev–Trinajstić information content (AvgIpc) is 2.46. The zero-order valence-electron chi connectivity index (χ0n) is 10.7. The second-order valence-corrected chi connectivity index (χ2v) is 3.77. The molecule has 0 saturated carbocycles. The zero-order chi connectivity index (χ0) is 13.0. The van der Waals surface area contributed by atoms with Gasteiger partial charge >= 0.3 is 0 Å². The maximum Gasteiger partial charge on any atom is 0.153 e. The smallest absolute Gasteiger partial charge is 0.153 e. The Morgan fingerprint density at radius 1 is 1.28 bits per heavy atom. The zero-order valence-corrected chi connectivity index (χ0v) is 10.7. The lowest BCUT2D eigenvalue weighted by Gasteiger charge is -2.18. The fourth-order valence-corrected chi connectivity index (χ4v) is 1.59. The van der Waals surface area contributed by atoms with Crippen LogP contribution in [-0.4, -0.2) is 31.2 Å². The summed E-state index contributed by atoms with van der Waals surface area (Å²) in [5.41, 5.74) is 0.997. The van der Waals surface area contributed by atoms with E-state index in [9.17, 15) is 0 Å². The molecule has 94 valence electrons. The van der Waals surface area contributed by atoms with Gasteiger partial charge in [-0.1, -0.05) is 6.07 Å². The molecule has 0 aliphatic carbocycles. The summed E-state index contributed by atoms with van der Waals surface area (Å²) in [5.74, 6) is 2.33. The van der Waals surface area contributed by atoms with Crippen LogP contribution >= 0.6 is 0 Å². The topological polar surface area (TPSA) is 50.3 Å². The summed E-state index contributed by atoms with van der Waals surface area (Å²) in [7, 11) is 5.41. The van der Waals surface area contributed by atoms with E-state index in [4.69, 9.17) is 4.74 Å². The second-order valence-electron chi connectivity index (χ2n) is 3.77. The number of hydrogen-bond acceptors (Lipinski definition) is 5. The molecule has 2 rings (SSSR count). The summed E-state index contributed by atoms with van der Waals surface area (Å²) in [5, 5.41) is 2.97. The minimum atomic E-state index is 0.738. The van der Waals surface area contributed by atoms with E-state index >= 15 is 0 Å². The molecule has 0 fully saturated rings. The summed E-state index contributed by atoms with van der Waals surface area (Å²) in [6.07, 6.45) is 3.41. The van der Waals surface area contributed by atoms with Crippen LogP contribution in [0.5, 0.6) is 5.75 Å². The van der Waals surface area contributed by atoms with Gasteiger partial charge in [-0.15, -0.1) is 0 Å². The van der Waals surface area contributed by atoms with Gasteiger partial charge in [0.2, 0.25) is 0 Å². The maximum atomic E-state index is 5.21. The van der Waals surface area contributed by atoms with Crippen molar-refractivity contribution in [3.63, 3.8) is 0 Å². The highest BCUT2D eigenvalue weighted by Gasteiger charge is 2.07. The second kappa shape index (κ2) is 5.35. The highest BCUT2D eigenvalue weighted by Crippen LogP contribution is 2.25. The van der Waals surface area contributed by atoms with Gasteiger partial charge in [-0.2, -0.15) is 0 Å². The standard InChI is InChI=1S/C13H16N4O/c1-14-12-8-15-9-13(16-12)17(2)10-5-4-6-11(7-10)18-3/h4-9H,1-3H3,(H,14,16). The SMILES string of the molecule is CNc1cncc(N(C)c2cccc(OC)c2)n1. The van der Waals surface area contributed by atoms with Crippen molar-refractivity contribution in [3.8, 4) is 5.75 Å². The molecule has 5 heteroatoms. The van der Waals surface area contributed by atoms with Crippen LogP contribution in [0.2, 0.25) is 0 Å². The summed E-state index contributed by atoms with van der Waals surface area (Å²) in [6, 6.07) is 7.80. The van der Waals surface area contributed by atoms with Gasteiger partial charge in [0, 0.05) is 25.8 Å². The molecule has 0 radical (unpaired) electrons. The number of aromatic nitrogens is 2. The molecule has 0 saturated heterocycles. The first-order valence-corrected chi connectivity index (χ1v) is 5.62. The number of ether oxygens (including phenoxy) is 1. The van der Waals surface area contributed by atoms with Crippen molar-refractivity contribution in [1.29, 1.82) is 0 Å². The molecule has 1 heterocycles. The number of nitrogens with zero attached hydrogens (tertiary/aromatic N) is 3. The van der Waals surface area contributed by atoms with Crippen LogP contribution in [0.15, 0.2) is 36.7 Å². The predicted octanol–water partition coefficient (Wildman–Crippen LogP) is 2.29. The fourth-order valence-electron chi connectivity index (χ4n) is 1.59. The molecule has 1 aromatic carbocycles. The van der Waals surface area contributed by atoms with Gasteiger partial charge in [-0.25, -0.2) is 4.98 Å². The average molecular weight is 244 g/mol. The molecule has 0 unspecified atom stereocenters. The fraction of sp³-hybridized carbons (Fsp3) is 0.231. The van der Waals surface area contributed by atoms with Crippen LogP contribution in [0.4, 0.5) is 17.3 Å². The van der Waals surface area contributed by atoms with E-state index in [-0.39, 0.29) is 0 Å². The monoisotopic (exact) mass is 244 g/mol.